The van der Waals surface area contributed by atoms with E-state index >= 15 is 0 Å². The van der Waals surface area contributed by atoms with Crippen molar-refractivity contribution in [1.82, 2.24) is 16.0 Å². The summed E-state index contributed by atoms with van der Waals surface area (Å²) in [4.78, 5) is 50.0. The molecule has 0 aromatic heterocycles. The molecule has 7 N–H and O–H groups in total. The fourth-order valence-corrected chi connectivity index (χ4v) is 3.90. The molecule has 3 amide bonds. The van der Waals surface area contributed by atoms with Crippen LogP contribution >= 0.6 is 11.8 Å². The van der Waals surface area contributed by atoms with Crippen LogP contribution in [-0.2, 0) is 32.0 Å². The minimum Gasteiger partial charge on any atom is -0.508 e. The summed E-state index contributed by atoms with van der Waals surface area (Å²) in [6.07, 6.45) is 2.25. The molecule has 0 aliphatic rings. The van der Waals surface area contributed by atoms with Gasteiger partial charge >= 0.3 is 5.97 Å². The Hall–Kier alpha value is -3.57. The Morgan fingerprint density at radius 1 is 0.833 bits per heavy atom. The molecular formula is C25H32N4O6S. The number of phenolic OH excluding ortho intramolecular Hbond substituents is 1. The Balaban J connectivity index is 2.26. The van der Waals surface area contributed by atoms with Gasteiger partial charge in [0.1, 0.15) is 23.9 Å². The van der Waals surface area contributed by atoms with Gasteiger partial charge in [0.05, 0.1) is 6.54 Å². The zero-order chi connectivity index (χ0) is 26.5. The fraction of sp³-hybridized carbons (Fsp3) is 0.360. The van der Waals surface area contributed by atoms with Gasteiger partial charge in [0.15, 0.2) is 0 Å². The molecule has 2 rings (SSSR count). The number of hydrogen-bond acceptors (Lipinski definition) is 7. The highest BCUT2D eigenvalue weighted by Crippen LogP contribution is 2.13. The number of phenols is 1. The largest absolute Gasteiger partial charge is 0.508 e. The lowest BCUT2D eigenvalue weighted by Crippen LogP contribution is -2.57. The van der Waals surface area contributed by atoms with Crippen LogP contribution < -0.4 is 21.7 Å². The maximum Gasteiger partial charge on any atom is 0.326 e. The third-order valence-electron chi connectivity index (χ3n) is 5.35. The number of rotatable bonds is 14. The van der Waals surface area contributed by atoms with Crippen LogP contribution in [0.1, 0.15) is 17.5 Å². The Morgan fingerprint density at radius 3 is 1.89 bits per heavy atom. The van der Waals surface area contributed by atoms with E-state index in [9.17, 15) is 29.4 Å². The van der Waals surface area contributed by atoms with E-state index in [0.29, 0.717) is 11.3 Å². The van der Waals surface area contributed by atoms with E-state index in [4.69, 9.17) is 5.73 Å². The number of thioether (sulfide) groups is 1. The molecule has 11 heteroatoms. The van der Waals surface area contributed by atoms with Gasteiger partial charge in [0, 0.05) is 12.8 Å². The Kier molecular flexibility index (Phi) is 11.7. The number of carboxylic acids is 1. The van der Waals surface area contributed by atoms with Gasteiger partial charge in [0.25, 0.3) is 0 Å². The number of aromatic hydroxyl groups is 1. The van der Waals surface area contributed by atoms with E-state index in [1.807, 2.05) is 12.3 Å². The topological polar surface area (TPSA) is 171 Å². The molecule has 194 valence electrons. The summed E-state index contributed by atoms with van der Waals surface area (Å²) in [6, 6.07) is 11.9. The van der Waals surface area contributed by atoms with Gasteiger partial charge in [-0.2, -0.15) is 11.8 Å². The zero-order valence-corrected chi connectivity index (χ0v) is 20.8. The summed E-state index contributed by atoms with van der Waals surface area (Å²) < 4.78 is 0. The van der Waals surface area contributed by atoms with E-state index < -0.39 is 41.8 Å². The first-order valence-electron chi connectivity index (χ1n) is 11.4. The first-order valence-corrected chi connectivity index (χ1v) is 12.8. The standard InChI is InChI=1S/C25H32N4O6S/c1-36-12-11-19(25(34)35)28-24(33)21(14-17-7-9-18(30)10-8-17)29-23(32)20(27-22(31)15-26)13-16-5-3-2-4-6-16/h2-10,19-21,30H,11-15,26H2,1H3,(H,27,31)(H,28,33)(H,29,32)(H,34,35). The smallest absolute Gasteiger partial charge is 0.326 e. The van der Waals surface area contributed by atoms with Gasteiger partial charge in [0.2, 0.25) is 17.7 Å². The molecule has 0 aliphatic carbocycles. The van der Waals surface area contributed by atoms with Crippen molar-refractivity contribution in [2.24, 2.45) is 5.73 Å². The molecule has 0 radical (unpaired) electrons. The van der Waals surface area contributed by atoms with Crippen LogP contribution in [0.4, 0.5) is 0 Å². The van der Waals surface area contributed by atoms with Crippen LogP contribution in [0.15, 0.2) is 54.6 Å². The fourth-order valence-electron chi connectivity index (χ4n) is 3.43. The second-order valence-electron chi connectivity index (χ2n) is 8.13. The number of benzene rings is 2. The first-order chi connectivity index (χ1) is 17.2. The number of hydrogen-bond donors (Lipinski definition) is 6. The van der Waals surface area contributed by atoms with E-state index in [1.165, 1.54) is 23.9 Å². The van der Waals surface area contributed by atoms with Crippen molar-refractivity contribution in [2.75, 3.05) is 18.6 Å². The highest BCUT2D eigenvalue weighted by atomic mass is 32.2. The molecule has 10 nitrogen and oxygen atoms in total. The molecule has 0 saturated carbocycles. The molecule has 0 aliphatic heterocycles. The predicted molar refractivity (Wildman–Crippen MR) is 137 cm³/mol. The van der Waals surface area contributed by atoms with Gasteiger partial charge in [-0.05, 0) is 41.7 Å². The van der Waals surface area contributed by atoms with Crippen molar-refractivity contribution < 1.29 is 29.4 Å². The second kappa shape index (κ2) is 14.7. The Labute approximate surface area is 214 Å². The average molecular weight is 517 g/mol. The number of aliphatic carboxylic acids is 1. The van der Waals surface area contributed by atoms with Crippen LogP contribution in [-0.4, -0.2) is 70.6 Å². The third kappa shape index (κ3) is 9.59. The number of amides is 3. The normalized spacial score (nSPS) is 13.2. The van der Waals surface area contributed by atoms with Gasteiger partial charge < -0.3 is 31.9 Å². The third-order valence-corrected chi connectivity index (χ3v) is 6.00. The molecule has 0 saturated heterocycles. The van der Waals surface area contributed by atoms with Crippen LogP contribution in [0.25, 0.3) is 0 Å². The van der Waals surface area contributed by atoms with E-state index in [0.717, 1.165) is 5.56 Å². The molecule has 0 fully saturated rings. The molecule has 3 unspecified atom stereocenters. The molecule has 0 bridgehead atoms. The minimum atomic E-state index is -1.18. The summed E-state index contributed by atoms with van der Waals surface area (Å²) in [5.41, 5.74) is 6.84. The summed E-state index contributed by atoms with van der Waals surface area (Å²) >= 11 is 1.45. The molecule has 36 heavy (non-hydrogen) atoms. The van der Waals surface area contributed by atoms with Crippen LogP contribution in [0.5, 0.6) is 5.75 Å². The summed E-state index contributed by atoms with van der Waals surface area (Å²) in [6.45, 7) is -0.314. The van der Waals surface area contributed by atoms with Gasteiger partial charge in [-0.25, -0.2) is 4.79 Å². The first kappa shape index (κ1) is 28.7. The van der Waals surface area contributed by atoms with Gasteiger partial charge in [-0.1, -0.05) is 42.5 Å². The average Bonchev–Trinajstić information content (AvgIpc) is 2.87. The Morgan fingerprint density at radius 2 is 1.36 bits per heavy atom. The van der Waals surface area contributed by atoms with Crippen LogP contribution in [0.3, 0.4) is 0 Å². The SMILES string of the molecule is CSCCC(NC(=O)C(Cc1ccc(O)cc1)NC(=O)C(Cc1ccccc1)NC(=O)CN)C(=O)O. The quantitative estimate of drug-likeness (QED) is 0.210. The van der Waals surface area contributed by atoms with Crippen molar-refractivity contribution in [2.45, 2.75) is 37.4 Å². The highest BCUT2D eigenvalue weighted by molar-refractivity contribution is 7.98. The second-order valence-corrected chi connectivity index (χ2v) is 9.11. The lowest BCUT2D eigenvalue weighted by Gasteiger charge is -2.25. The summed E-state index contributed by atoms with van der Waals surface area (Å²) in [5.74, 6) is -2.43. The van der Waals surface area contributed by atoms with Crippen LogP contribution in [0, 0.1) is 0 Å². The minimum absolute atomic E-state index is 0.0373. The number of carbonyl (C=O) groups is 4. The molecular weight excluding hydrogens is 484 g/mol. The highest BCUT2D eigenvalue weighted by Gasteiger charge is 2.29. The van der Waals surface area contributed by atoms with Crippen LogP contribution in [0.2, 0.25) is 0 Å². The van der Waals surface area contributed by atoms with Crippen molar-refractivity contribution in [3.8, 4) is 5.75 Å². The number of carboxylic acid groups (broad SMARTS) is 1. The lowest BCUT2D eigenvalue weighted by atomic mass is 10.0. The van der Waals surface area contributed by atoms with E-state index in [1.54, 1.807) is 36.4 Å². The number of nitrogens with one attached hydrogen (secondary N) is 3. The Bertz CT molecular complexity index is 1020. The maximum atomic E-state index is 13.2. The van der Waals surface area contributed by atoms with E-state index in [2.05, 4.69) is 16.0 Å². The molecule has 2 aromatic carbocycles. The van der Waals surface area contributed by atoms with Crippen molar-refractivity contribution in [3.05, 3.63) is 65.7 Å². The maximum absolute atomic E-state index is 13.2. The van der Waals surface area contributed by atoms with Gasteiger partial charge in [-0.3, -0.25) is 14.4 Å². The van der Waals surface area contributed by atoms with Crippen molar-refractivity contribution >= 4 is 35.5 Å². The molecule has 3 atom stereocenters. The molecule has 0 spiro atoms. The molecule has 0 heterocycles. The number of carbonyl (C=O) groups excluding carboxylic acids is 3. The summed E-state index contributed by atoms with van der Waals surface area (Å²) in [5, 5.41) is 26.8. The lowest BCUT2D eigenvalue weighted by molar-refractivity contribution is -0.142. The molecule has 2 aromatic rings. The summed E-state index contributed by atoms with van der Waals surface area (Å²) in [7, 11) is 0. The number of nitrogens with two attached hydrogens (primary N) is 1. The van der Waals surface area contributed by atoms with Crippen molar-refractivity contribution in [1.29, 1.82) is 0 Å². The van der Waals surface area contributed by atoms with Gasteiger partial charge in [-0.15, -0.1) is 0 Å². The zero-order valence-electron chi connectivity index (χ0n) is 20.0. The predicted octanol–water partition coefficient (Wildman–Crippen LogP) is 0.428. The monoisotopic (exact) mass is 516 g/mol. The van der Waals surface area contributed by atoms with E-state index in [-0.39, 0.29) is 31.6 Å². The van der Waals surface area contributed by atoms with Crippen molar-refractivity contribution in [3.63, 3.8) is 0 Å².